The first kappa shape index (κ1) is 24.0. The molecule has 33 heavy (non-hydrogen) atoms. The maximum Gasteiger partial charge on any atom is 0.410 e. The topological polar surface area (TPSA) is 70.0 Å². The first-order chi connectivity index (χ1) is 16.0. The van der Waals surface area contributed by atoms with Gasteiger partial charge in [0.2, 0.25) is 0 Å². The number of hydrogen-bond donors (Lipinski definition) is 2. The van der Waals surface area contributed by atoms with Crippen LogP contribution in [0.4, 0.5) is 4.79 Å². The second-order valence-corrected chi connectivity index (χ2v) is 10.4. The van der Waals surface area contributed by atoms with E-state index in [1.54, 1.807) is 0 Å². The average Bonchev–Trinajstić information content (AvgIpc) is 3.49. The smallest absolute Gasteiger partial charge is 0.410 e. The third kappa shape index (κ3) is 5.85. The second-order valence-electron chi connectivity index (χ2n) is 10.4. The number of ether oxygens (including phenoxy) is 1. The number of aryl methyl sites for hydroxylation is 1. The monoisotopic (exact) mass is 455 g/mol. The summed E-state index contributed by atoms with van der Waals surface area (Å²) < 4.78 is 5.86. The molecule has 2 N–H and O–H groups in total. The van der Waals surface area contributed by atoms with Crippen LogP contribution in [0.2, 0.25) is 0 Å². The highest BCUT2D eigenvalue weighted by atomic mass is 16.6. The molecule has 0 bridgehead atoms. The van der Waals surface area contributed by atoms with Crippen LogP contribution in [-0.4, -0.2) is 33.4 Å². The van der Waals surface area contributed by atoms with E-state index in [1.807, 2.05) is 11.0 Å². The van der Waals surface area contributed by atoms with Crippen molar-refractivity contribution in [1.29, 1.82) is 0 Å². The molecular weight excluding hydrogens is 414 g/mol. The summed E-state index contributed by atoms with van der Waals surface area (Å²) in [5.74, 6) is 0.379. The highest BCUT2D eigenvalue weighted by Crippen LogP contribution is 2.45. The van der Waals surface area contributed by atoms with Crippen molar-refractivity contribution in [1.82, 2.24) is 4.90 Å². The zero-order chi connectivity index (χ0) is 23.4. The molecule has 1 amide bonds. The molecule has 1 aromatic rings. The molecule has 1 unspecified atom stereocenters. The number of aromatic hydroxyl groups is 2. The zero-order valence-corrected chi connectivity index (χ0v) is 20.4. The van der Waals surface area contributed by atoms with Gasteiger partial charge in [-0.2, -0.15) is 0 Å². The van der Waals surface area contributed by atoms with Gasteiger partial charge in [-0.05, 0) is 89.2 Å². The van der Waals surface area contributed by atoms with E-state index < -0.39 is 0 Å². The number of carbonyl (C=O) groups is 1. The van der Waals surface area contributed by atoms with Gasteiger partial charge in [0, 0.05) is 23.1 Å². The first-order valence-electron chi connectivity index (χ1n) is 13.2. The fourth-order valence-corrected chi connectivity index (χ4v) is 5.55. The predicted octanol–water partition coefficient (Wildman–Crippen LogP) is 7.09. The van der Waals surface area contributed by atoms with E-state index in [0.717, 1.165) is 94.6 Å². The largest absolute Gasteiger partial charge is 0.507 e. The molecule has 0 aromatic heterocycles. The number of unbranched alkanes of at least 4 members (excludes halogenated alkanes) is 2. The van der Waals surface area contributed by atoms with Gasteiger partial charge >= 0.3 is 6.09 Å². The molecule has 0 heterocycles. The third-order valence-corrected chi connectivity index (χ3v) is 7.63. The Morgan fingerprint density at radius 2 is 1.85 bits per heavy atom. The molecular formula is C28H41NO4. The van der Waals surface area contributed by atoms with Gasteiger partial charge in [0.25, 0.3) is 0 Å². The predicted molar refractivity (Wildman–Crippen MR) is 131 cm³/mol. The molecule has 0 radical (unpaired) electrons. The highest BCUT2D eigenvalue weighted by Gasteiger charge is 2.36. The number of carbonyl (C=O) groups excluding carboxylic acids is 1. The van der Waals surface area contributed by atoms with Gasteiger partial charge < -0.3 is 19.8 Å². The van der Waals surface area contributed by atoms with Crippen molar-refractivity contribution in [3.8, 4) is 11.5 Å². The summed E-state index contributed by atoms with van der Waals surface area (Å²) >= 11 is 0. The van der Waals surface area contributed by atoms with Gasteiger partial charge in [-0.15, -0.1) is 0 Å². The van der Waals surface area contributed by atoms with Gasteiger partial charge in [-0.25, -0.2) is 4.79 Å². The summed E-state index contributed by atoms with van der Waals surface area (Å²) in [6.07, 6.45) is 15.2. The summed E-state index contributed by atoms with van der Waals surface area (Å²) in [4.78, 5) is 15.0. The van der Waals surface area contributed by atoms with Crippen molar-refractivity contribution >= 4 is 6.09 Å². The van der Waals surface area contributed by atoms with E-state index in [0.29, 0.717) is 12.1 Å². The summed E-state index contributed by atoms with van der Waals surface area (Å²) in [5, 5.41) is 22.4. The Bertz CT molecular complexity index is 867. The molecule has 5 heteroatoms. The van der Waals surface area contributed by atoms with E-state index >= 15 is 0 Å². The number of amides is 1. The number of phenolic OH excluding ortho intramolecular Hbond substituents is 2. The maximum atomic E-state index is 13.1. The summed E-state index contributed by atoms with van der Waals surface area (Å²) in [7, 11) is 0. The lowest BCUT2D eigenvalue weighted by molar-refractivity contribution is 0.0608. The summed E-state index contributed by atoms with van der Waals surface area (Å²) in [6, 6.07) is 2.04. The lowest BCUT2D eigenvalue weighted by Gasteiger charge is -2.28. The second kappa shape index (κ2) is 10.8. The Labute approximate surface area is 198 Å². The van der Waals surface area contributed by atoms with Crippen molar-refractivity contribution in [2.24, 2.45) is 0 Å². The van der Waals surface area contributed by atoms with Crippen molar-refractivity contribution in [3.63, 3.8) is 0 Å². The Hall–Kier alpha value is -2.17. The number of benzene rings is 1. The SMILES string of the molecule is CCCCCc1cc(O)c(C2C=C(C)CCC2)c(O)c1CN(C(=O)OC1CCCC1)C1CC1. The number of hydrogen-bond acceptors (Lipinski definition) is 4. The van der Waals surface area contributed by atoms with Crippen LogP contribution in [-0.2, 0) is 17.7 Å². The lowest BCUT2D eigenvalue weighted by atomic mass is 9.83. The van der Waals surface area contributed by atoms with Crippen LogP contribution >= 0.6 is 0 Å². The van der Waals surface area contributed by atoms with Crippen LogP contribution in [0.1, 0.15) is 114 Å². The molecule has 2 fully saturated rings. The highest BCUT2D eigenvalue weighted by molar-refractivity contribution is 5.69. The molecule has 0 spiro atoms. The van der Waals surface area contributed by atoms with Gasteiger partial charge in [0.1, 0.15) is 17.6 Å². The lowest BCUT2D eigenvalue weighted by Crippen LogP contribution is -2.35. The Kier molecular flexibility index (Phi) is 7.87. The zero-order valence-electron chi connectivity index (χ0n) is 20.4. The van der Waals surface area contributed by atoms with E-state index in [9.17, 15) is 15.0 Å². The molecule has 2 saturated carbocycles. The molecule has 3 aliphatic rings. The number of allylic oxidation sites excluding steroid dienone is 2. The summed E-state index contributed by atoms with van der Waals surface area (Å²) in [5.41, 5.74) is 3.69. The fourth-order valence-electron chi connectivity index (χ4n) is 5.55. The minimum Gasteiger partial charge on any atom is -0.507 e. The van der Waals surface area contributed by atoms with Crippen LogP contribution in [0.3, 0.4) is 0 Å². The first-order valence-corrected chi connectivity index (χ1v) is 13.2. The van der Waals surface area contributed by atoms with Crippen LogP contribution in [0, 0.1) is 0 Å². The Morgan fingerprint density at radius 3 is 2.52 bits per heavy atom. The van der Waals surface area contributed by atoms with E-state index in [4.69, 9.17) is 4.74 Å². The van der Waals surface area contributed by atoms with Gasteiger partial charge in [0.15, 0.2) is 0 Å². The quantitative estimate of drug-likeness (QED) is 0.308. The minimum absolute atomic E-state index is 0.0157. The molecule has 5 nitrogen and oxygen atoms in total. The van der Waals surface area contributed by atoms with Gasteiger partial charge in [-0.3, -0.25) is 0 Å². The van der Waals surface area contributed by atoms with Crippen LogP contribution in [0.25, 0.3) is 0 Å². The third-order valence-electron chi connectivity index (χ3n) is 7.63. The van der Waals surface area contributed by atoms with Crippen molar-refractivity contribution < 1.29 is 19.7 Å². The average molecular weight is 456 g/mol. The van der Waals surface area contributed by atoms with Crippen molar-refractivity contribution in [3.05, 3.63) is 34.4 Å². The van der Waals surface area contributed by atoms with E-state index in [1.165, 1.54) is 5.57 Å². The number of phenols is 2. The Balaban J connectivity index is 1.64. The fraction of sp³-hybridized carbons (Fsp3) is 0.679. The maximum absolute atomic E-state index is 13.1. The van der Waals surface area contributed by atoms with Crippen molar-refractivity contribution in [2.75, 3.05) is 0 Å². The molecule has 182 valence electrons. The minimum atomic E-state index is -0.244. The number of nitrogens with zero attached hydrogens (tertiary/aromatic N) is 1. The van der Waals surface area contributed by atoms with E-state index in [2.05, 4.69) is 19.9 Å². The van der Waals surface area contributed by atoms with Crippen LogP contribution in [0.15, 0.2) is 17.7 Å². The molecule has 1 aromatic carbocycles. The van der Waals surface area contributed by atoms with E-state index in [-0.39, 0.29) is 35.7 Å². The molecule has 3 aliphatic carbocycles. The van der Waals surface area contributed by atoms with Crippen LogP contribution < -0.4 is 0 Å². The number of rotatable bonds is 9. The normalized spacial score (nSPS) is 21.2. The Morgan fingerprint density at radius 1 is 1.09 bits per heavy atom. The molecule has 4 rings (SSSR count). The standard InChI is InChI=1S/C28H41NO4/c1-3-4-5-10-20-17-25(30)26(21-11-8-9-19(2)16-21)27(31)24(20)18-29(22-14-15-22)28(32)33-23-12-6-7-13-23/h16-17,21-23,30-31H,3-15,18H2,1-2H3. The molecule has 0 saturated heterocycles. The molecule has 0 aliphatic heterocycles. The molecule has 1 atom stereocenters. The summed E-state index contributed by atoms with van der Waals surface area (Å²) in [6.45, 7) is 4.64. The van der Waals surface area contributed by atoms with Gasteiger partial charge in [0.05, 0.1) is 6.54 Å². The van der Waals surface area contributed by atoms with Crippen molar-refractivity contribution in [2.45, 2.75) is 122 Å². The van der Waals surface area contributed by atoms with Crippen LogP contribution in [0.5, 0.6) is 11.5 Å². The van der Waals surface area contributed by atoms with Gasteiger partial charge in [-0.1, -0.05) is 31.4 Å².